The van der Waals surface area contributed by atoms with Crippen LogP contribution in [0.25, 0.3) is 0 Å². The number of aliphatic hydroxyl groups excluding tert-OH is 2. The molecular weight excluding hydrogens is 1030 g/mol. The summed E-state index contributed by atoms with van der Waals surface area (Å²) < 4.78 is 5.50. The maximum Gasteiger partial charge on any atom is 0.305 e. The molecule has 0 fully saturated rings. The molecule has 0 aromatic heterocycles. The lowest BCUT2D eigenvalue weighted by molar-refractivity contribution is -0.143. The minimum absolute atomic E-state index is 0.00617. The van der Waals surface area contributed by atoms with Crippen LogP contribution in [0.15, 0.2) is 60.8 Å². The smallest absolute Gasteiger partial charge is 0.305 e. The first-order valence-electron chi connectivity index (χ1n) is 37.6. The summed E-state index contributed by atoms with van der Waals surface area (Å²) in [4.78, 5) is 24.6. The van der Waals surface area contributed by atoms with Crippen LogP contribution in [0, 0.1) is 0 Å². The number of unbranched alkanes of at least 4 members (excludes halogenated alkanes) is 51. The summed E-state index contributed by atoms with van der Waals surface area (Å²) in [5, 5.41) is 23.2. The maximum absolute atomic E-state index is 12.5. The zero-order valence-electron chi connectivity index (χ0n) is 56.4. The lowest BCUT2D eigenvalue weighted by Gasteiger charge is -2.20. The number of hydrogen-bond donors (Lipinski definition) is 3. The fourth-order valence-electron chi connectivity index (χ4n) is 11.5. The third kappa shape index (κ3) is 68.7. The lowest BCUT2D eigenvalue weighted by atomic mass is 10.0. The van der Waals surface area contributed by atoms with E-state index in [2.05, 4.69) is 67.8 Å². The average molecular weight is 1180 g/mol. The molecule has 1 amide bonds. The van der Waals surface area contributed by atoms with Crippen LogP contribution in [0.4, 0.5) is 0 Å². The average Bonchev–Trinajstić information content (AvgIpc) is 3.51. The van der Waals surface area contributed by atoms with E-state index in [1.165, 1.54) is 315 Å². The van der Waals surface area contributed by atoms with Gasteiger partial charge >= 0.3 is 5.97 Å². The van der Waals surface area contributed by atoms with E-state index in [1.807, 2.05) is 6.08 Å². The number of amides is 1. The molecule has 0 aromatic rings. The first kappa shape index (κ1) is 81.6. The molecule has 6 nitrogen and oxygen atoms in total. The second kappa shape index (κ2) is 73.0. The molecule has 0 spiro atoms. The van der Waals surface area contributed by atoms with Gasteiger partial charge in [0, 0.05) is 12.8 Å². The van der Waals surface area contributed by atoms with E-state index in [0.29, 0.717) is 19.4 Å². The molecule has 84 heavy (non-hydrogen) atoms. The van der Waals surface area contributed by atoms with Gasteiger partial charge in [-0.15, -0.1) is 0 Å². The molecule has 3 N–H and O–H groups in total. The molecule has 0 saturated carbocycles. The highest BCUT2D eigenvalue weighted by Gasteiger charge is 2.18. The minimum Gasteiger partial charge on any atom is -0.466 e. The Balaban J connectivity index is 3.40. The first-order valence-corrected chi connectivity index (χ1v) is 37.6. The summed E-state index contributed by atoms with van der Waals surface area (Å²) in [6, 6.07) is -0.628. The van der Waals surface area contributed by atoms with Crippen molar-refractivity contribution < 1.29 is 24.5 Å². The van der Waals surface area contributed by atoms with E-state index in [9.17, 15) is 19.8 Å². The molecule has 2 atom stereocenters. The number of nitrogens with one attached hydrogen (secondary N) is 1. The van der Waals surface area contributed by atoms with Crippen molar-refractivity contribution in [3.8, 4) is 0 Å². The number of carbonyl (C=O) groups excluding carboxylic acids is 2. The van der Waals surface area contributed by atoms with Crippen molar-refractivity contribution in [2.45, 2.75) is 411 Å². The Bertz CT molecular complexity index is 1450. The Morgan fingerprint density at radius 3 is 0.929 bits per heavy atom. The van der Waals surface area contributed by atoms with Crippen LogP contribution in [-0.2, 0) is 14.3 Å². The molecule has 0 heterocycles. The van der Waals surface area contributed by atoms with Crippen molar-refractivity contribution in [2.75, 3.05) is 13.2 Å². The third-order valence-electron chi connectivity index (χ3n) is 17.3. The summed E-state index contributed by atoms with van der Waals surface area (Å²) in [6.07, 6.45) is 97.5. The van der Waals surface area contributed by atoms with Crippen LogP contribution in [0.5, 0.6) is 0 Å². The number of allylic oxidation sites excluding steroid dienone is 9. The molecule has 0 aliphatic carbocycles. The Hall–Kier alpha value is -2.44. The van der Waals surface area contributed by atoms with E-state index in [1.54, 1.807) is 6.08 Å². The van der Waals surface area contributed by atoms with Gasteiger partial charge in [-0.25, -0.2) is 0 Å². The van der Waals surface area contributed by atoms with Crippen LogP contribution >= 0.6 is 0 Å². The van der Waals surface area contributed by atoms with Crippen molar-refractivity contribution in [1.82, 2.24) is 5.32 Å². The van der Waals surface area contributed by atoms with E-state index < -0.39 is 12.1 Å². The van der Waals surface area contributed by atoms with Crippen molar-refractivity contribution in [1.29, 1.82) is 0 Å². The van der Waals surface area contributed by atoms with Gasteiger partial charge in [0.2, 0.25) is 5.91 Å². The SMILES string of the molecule is CCCCC/C=C\C/C=C\CCCCCCCCCC(=O)OCCCCCCCCCCC/C=C\C/C=C\CCCCCCCCCCCCCCCCCCCC(=O)NC(CO)C(O)/C=C/CCCCCCCCCCCCCCCCC. The normalized spacial score (nSPS) is 12.9. The highest BCUT2D eigenvalue weighted by molar-refractivity contribution is 5.76. The van der Waals surface area contributed by atoms with Crippen LogP contribution < -0.4 is 5.32 Å². The second-order valence-corrected chi connectivity index (χ2v) is 25.6. The molecule has 0 rings (SSSR count). The number of aliphatic hydroxyl groups is 2. The van der Waals surface area contributed by atoms with Crippen LogP contribution in [0.1, 0.15) is 399 Å². The monoisotopic (exact) mass is 1180 g/mol. The van der Waals surface area contributed by atoms with Gasteiger partial charge in [-0.05, 0) is 96.3 Å². The van der Waals surface area contributed by atoms with E-state index in [0.717, 1.165) is 57.8 Å². The summed E-state index contributed by atoms with van der Waals surface area (Å²) >= 11 is 0. The fourth-order valence-corrected chi connectivity index (χ4v) is 11.5. The first-order chi connectivity index (χ1) is 41.5. The molecule has 0 aromatic carbocycles. The van der Waals surface area contributed by atoms with Gasteiger partial charge in [-0.3, -0.25) is 9.59 Å². The van der Waals surface area contributed by atoms with Gasteiger partial charge in [0.05, 0.1) is 25.4 Å². The molecule has 2 unspecified atom stereocenters. The lowest BCUT2D eigenvalue weighted by Crippen LogP contribution is -2.45. The van der Waals surface area contributed by atoms with Crippen LogP contribution in [0.2, 0.25) is 0 Å². The van der Waals surface area contributed by atoms with Gasteiger partial charge in [0.25, 0.3) is 0 Å². The number of hydrogen-bond acceptors (Lipinski definition) is 5. The molecule has 0 saturated heterocycles. The quantitative estimate of drug-likeness (QED) is 0.0320. The minimum atomic E-state index is -0.844. The summed E-state index contributed by atoms with van der Waals surface area (Å²) in [5.41, 5.74) is 0. The maximum atomic E-state index is 12.5. The largest absolute Gasteiger partial charge is 0.466 e. The Morgan fingerprint density at radius 1 is 0.333 bits per heavy atom. The van der Waals surface area contributed by atoms with Crippen molar-refractivity contribution in [2.24, 2.45) is 0 Å². The molecular formula is C78H145NO5. The Labute approximate surface area is 524 Å². The van der Waals surface area contributed by atoms with Gasteiger partial charge in [-0.1, -0.05) is 351 Å². The number of ether oxygens (including phenoxy) is 1. The summed E-state index contributed by atoms with van der Waals surface area (Å²) in [6.45, 7) is 4.90. The molecule has 0 aliphatic heterocycles. The van der Waals surface area contributed by atoms with Gasteiger partial charge in [0.1, 0.15) is 0 Å². The zero-order valence-corrected chi connectivity index (χ0v) is 56.4. The Morgan fingerprint density at radius 2 is 0.595 bits per heavy atom. The predicted octanol–water partition coefficient (Wildman–Crippen LogP) is 24.6. The molecule has 0 radical (unpaired) electrons. The Kier molecular flexibility index (Phi) is 70.9. The number of esters is 1. The van der Waals surface area contributed by atoms with E-state index >= 15 is 0 Å². The number of rotatable bonds is 70. The highest BCUT2D eigenvalue weighted by Crippen LogP contribution is 2.18. The van der Waals surface area contributed by atoms with E-state index in [-0.39, 0.29) is 18.5 Å². The van der Waals surface area contributed by atoms with E-state index in [4.69, 9.17) is 4.74 Å². The topological polar surface area (TPSA) is 95.9 Å². The van der Waals surface area contributed by atoms with Gasteiger partial charge in [0.15, 0.2) is 0 Å². The summed E-state index contributed by atoms with van der Waals surface area (Å²) in [5.74, 6) is -0.0575. The van der Waals surface area contributed by atoms with Crippen molar-refractivity contribution >= 4 is 11.9 Å². The molecule has 6 heteroatoms. The van der Waals surface area contributed by atoms with Crippen molar-refractivity contribution in [3.63, 3.8) is 0 Å². The van der Waals surface area contributed by atoms with Crippen LogP contribution in [-0.4, -0.2) is 47.4 Å². The molecule has 0 aliphatic rings. The fraction of sp³-hybridized carbons (Fsp3) is 0.846. The standard InChI is InChI=1S/C78H145NO5/c1-3-5-7-9-11-13-15-17-19-38-42-46-50-54-58-62-66-70-76(81)75(74-80)79-77(82)71-67-63-59-55-51-47-43-40-36-34-32-30-28-26-24-22-21-23-25-27-29-31-33-35-37-41-45-49-53-57-61-65-69-73-84-78(83)72-68-64-60-56-52-48-44-39-20-18-16-14-12-10-8-6-4-2/h12,14,18,20,25,27,31,33,66,70,75-76,80-81H,3-11,13,15-17,19,21-24,26,28-30,32,34-65,67-69,71-74H2,1-2H3,(H,79,82)/b14-12-,20-18-,27-25-,33-31-,70-66+. The van der Waals surface area contributed by atoms with Crippen molar-refractivity contribution in [3.05, 3.63) is 60.8 Å². The second-order valence-electron chi connectivity index (χ2n) is 25.6. The van der Waals surface area contributed by atoms with Crippen LogP contribution in [0.3, 0.4) is 0 Å². The highest BCUT2D eigenvalue weighted by atomic mass is 16.5. The van der Waals surface area contributed by atoms with Gasteiger partial charge in [-0.2, -0.15) is 0 Å². The molecule has 492 valence electrons. The third-order valence-corrected chi connectivity index (χ3v) is 17.3. The molecule has 0 bridgehead atoms. The summed E-state index contributed by atoms with van der Waals surface area (Å²) in [7, 11) is 0. The zero-order chi connectivity index (χ0) is 60.6. The van der Waals surface area contributed by atoms with Gasteiger partial charge < -0.3 is 20.3 Å². The number of carbonyl (C=O) groups is 2. The predicted molar refractivity (Wildman–Crippen MR) is 370 cm³/mol.